The minimum Gasteiger partial charge on any atom is -0.338 e. The highest BCUT2D eigenvalue weighted by Gasteiger charge is 2.35. The van der Waals surface area contributed by atoms with Gasteiger partial charge in [-0.15, -0.1) is 0 Å². The largest absolute Gasteiger partial charge is 0.401 e. The minimum absolute atomic E-state index is 0.0353. The maximum atomic E-state index is 13.0. The first-order valence-electron chi connectivity index (χ1n) is 8.88. The molecule has 2 fully saturated rings. The molecule has 1 saturated heterocycles. The van der Waals surface area contributed by atoms with Gasteiger partial charge in [0.05, 0.1) is 6.54 Å². The van der Waals surface area contributed by atoms with Gasteiger partial charge < -0.3 is 10.2 Å². The number of urea groups is 1. The lowest BCUT2D eigenvalue weighted by atomic mass is 10.1. The van der Waals surface area contributed by atoms with Crippen LogP contribution in [0.4, 0.5) is 22.4 Å². The quantitative estimate of drug-likeness (QED) is 0.776. The number of nitrogens with zero attached hydrogens (tertiary/aromatic N) is 2. The summed E-state index contributed by atoms with van der Waals surface area (Å²) >= 11 is 0. The Balaban J connectivity index is 1.47. The smallest absolute Gasteiger partial charge is 0.338 e. The number of halogens is 4. The molecule has 1 aliphatic carbocycles. The SMILES string of the molecule is O=C(NCC1CCN(CC(F)(F)F)C1)N(Cc1ccc(F)cc1)C1CC1. The van der Waals surface area contributed by atoms with Crippen LogP contribution in [0.5, 0.6) is 0 Å². The monoisotopic (exact) mass is 373 g/mol. The van der Waals surface area contributed by atoms with Crippen LogP contribution in [0.25, 0.3) is 0 Å². The molecule has 1 saturated carbocycles. The van der Waals surface area contributed by atoms with E-state index in [1.807, 2.05) is 0 Å². The molecule has 3 rings (SSSR count). The van der Waals surface area contributed by atoms with E-state index in [9.17, 15) is 22.4 Å². The van der Waals surface area contributed by atoms with Crippen molar-refractivity contribution in [2.45, 2.75) is 38.0 Å². The van der Waals surface area contributed by atoms with Crippen LogP contribution >= 0.6 is 0 Å². The van der Waals surface area contributed by atoms with Crippen molar-refractivity contribution in [2.24, 2.45) is 5.92 Å². The first-order chi connectivity index (χ1) is 12.3. The van der Waals surface area contributed by atoms with Crippen molar-refractivity contribution in [1.29, 1.82) is 0 Å². The average Bonchev–Trinajstić information content (AvgIpc) is 3.31. The van der Waals surface area contributed by atoms with Crippen LogP contribution in [0.15, 0.2) is 24.3 Å². The third kappa shape index (κ3) is 5.59. The van der Waals surface area contributed by atoms with Crippen LogP contribution in [0, 0.1) is 11.7 Å². The summed E-state index contributed by atoms with van der Waals surface area (Å²) in [5, 5.41) is 2.87. The van der Waals surface area contributed by atoms with Crippen molar-refractivity contribution in [2.75, 3.05) is 26.2 Å². The van der Waals surface area contributed by atoms with Crippen molar-refractivity contribution in [3.8, 4) is 0 Å². The summed E-state index contributed by atoms with van der Waals surface area (Å²) in [6.45, 7) is 0.640. The Kier molecular flexibility index (Phi) is 5.70. The number of rotatable bonds is 6. The first-order valence-corrected chi connectivity index (χ1v) is 8.88. The molecule has 1 unspecified atom stereocenters. The van der Waals surface area contributed by atoms with Crippen molar-refractivity contribution in [1.82, 2.24) is 15.1 Å². The van der Waals surface area contributed by atoms with Crippen LogP contribution in [0.3, 0.4) is 0 Å². The molecule has 1 aromatic carbocycles. The van der Waals surface area contributed by atoms with E-state index in [2.05, 4.69) is 5.32 Å². The summed E-state index contributed by atoms with van der Waals surface area (Å²) in [5.41, 5.74) is 0.852. The molecule has 0 bridgehead atoms. The number of carbonyl (C=O) groups is 1. The summed E-state index contributed by atoms with van der Waals surface area (Å²) < 4.78 is 50.3. The molecule has 0 aromatic heterocycles. The molecule has 8 heteroatoms. The molecular weight excluding hydrogens is 350 g/mol. The molecule has 1 heterocycles. The van der Waals surface area contributed by atoms with Gasteiger partial charge in [0.1, 0.15) is 5.82 Å². The molecule has 4 nitrogen and oxygen atoms in total. The standard InChI is InChI=1S/C18H23F4N3O/c19-15-3-1-13(2-4-15)11-25(16-5-6-16)17(26)23-9-14-7-8-24(10-14)12-18(20,21)22/h1-4,14,16H,5-12H2,(H,23,26). The Morgan fingerprint density at radius 2 is 1.88 bits per heavy atom. The number of carbonyl (C=O) groups excluding carboxylic acids is 1. The number of amides is 2. The van der Waals surface area contributed by atoms with E-state index in [1.165, 1.54) is 17.0 Å². The van der Waals surface area contributed by atoms with Crippen LogP contribution < -0.4 is 5.32 Å². The van der Waals surface area contributed by atoms with Gasteiger partial charge in [-0.3, -0.25) is 4.90 Å². The molecule has 2 aliphatic rings. The molecule has 0 radical (unpaired) electrons. The normalized spacial score (nSPS) is 21.0. The highest BCUT2D eigenvalue weighted by atomic mass is 19.4. The number of hydrogen-bond acceptors (Lipinski definition) is 2. The summed E-state index contributed by atoms with van der Waals surface area (Å²) in [6, 6.07) is 6.03. The molecule has 26 heavy (non-hydrogen) atoms. The summed E-state index contributed by atoms with van der Waals surface area (Å²) in [4.78, 5) is 15.6. The molecular formula is C18H23F4N3O. The zero-order valence-corrected chi connectivity index (χ0v) is 14.4. The fourth-order valence-corrected chi connectivity index (χ4v) is 3.35. The lowest BCUT2D eigenvalue weighted by molar-refractivity contribution is -0.143. The number of hydrogen-bond donors (Lipinski definition) is 1. The number of alkyl halides is 3. The fraction of sp³-hybridized carbons (Fsp3) is 0.611. The number of benzene rings is 1. The summed E-state index contributed by atoms with van der Waals surface area (Å²) in [6.07, 6.45) is -1.65. The zero-order chi connectivity index (χ0) is 18.7. The Hall–Kier alpha value is -1.83. The maximum absolute atomic E-state index is 13.0. The zero-order valence-electron chi connectivity index (χ0n) is 14.4. The van der Waals surface area contributed by atoms with Crippen LogP contribution in [-0.2, 0) is 6.54 Å². The van der Waals surface area contributed by atoms with Crippen molar-refractivity contribution in [3.05, 3.63) is 35.6 Å². The van der Waals surface area contributed by atoms with Crippen LogP contribution in [0.1, 0.15) is 24.8 Å². The molecule has 1 aromatic rings. The molecule has 0 spiro atoms. The number of nitrogens with one attached hydrogen (secondary N) is 1. The van der Waals surface area contributed by atoms with Gasteiger partial charge in [0.2, 0.25) is 0 Å². The van der Waals surface area contributed by atoms with Gasteiger partial charge in [-0.2, -0.15) is 13.2 Å². The van der Waals surface area contributed by atoms with E-state index in [4.69, 9.17) is 0 Å². The lowest BCUT2D eigenvalue weighted by Crippen LogP contribution is -2.43. The van der Waals surface area contributed by atoms with E-state index in [0.29, 0.717) is 32.6 Å². The van der Waals surface area contributed by atoms with Gasteiger partial charge in [0, 0.05) is 25.7 Å². The molecule has 2 amide bonds. The second-order valence-electron chi connectivity index (χ2n) is 7.18. The van der Waals surface area contributed by atoms with E-state index >= 15 is 0 Å². The Bertz CT molecular complexity index is 616. The highest BCUT2D eigenvalue weighted by Crippen LogP contribution is 2.28. The third-order valence-corrected chi connectivity index (χ3v) is 4.83. The van der Waals surface area contributed by atoms with Gasteiger partial charge in [-0.1, -0.05) is 12.1 Å². The third-order valence-electron chi connectivity index (χ3n) is 4.83. The van der Waals surface area contributed by atoms with Crippen LogP contribution in [-0.4, -0.2) is 54.2 Å². The Morgan fingerprint density at radius 3 is 2.50 bits per heavy atom. The topological polar surface area (TPSA) is 35.6 Å². The average molecular weight is 373 g/mol. The predicted octanol–water partition coefficient (Wildman–Crippen LogP) is 3.38. The Morgan fingerprint density at radius 1 is 1.19 bits per heavy atom. The van der Waals surface area contributed by atoms with Gasteiger partial charge in [-0.05, 0) is 49.4 Å². The predicted molar refractivity (Wildman–Crippen MR) is 89.0 cm³/mol. The van der Waals surface area contributed by atoms with Crippen molar-refractivity contribution >= 4 is 6.03 Å². The van der Waals surface area contributed by atoms with E-state index in [-0.39, 0.29) is 23.8 Å². The number of likely N-dealkylation sites (tertiary alicyclic amines) is 1. The first kappa shape index (κ1) is 18.9. The second-order valence-corrected chi connectivity index (χ2v) is 7.18. The van der Waals surface area contributed by atoms with Gasteiger partial charge >= 0.3 is 12.2 Å². The summed E-state index contributed by atoms with van der Waals surface area (Å²) in [7, 11) is 0. The second kappa shape index (κ2) is 7.82. The van der Waals surface area contributed by atoms with E-state index < -0.39 is 12.7 Å². The van der Waals surface area contributed by atoms with Gasteiger partial charge in [0.25, 0.3) is 0 Å². The highest BCUT2D eigenvalue weighted by molar-refractivity contribution is 5.75. The van der Waals surface area contributed by atoms with Crippen molar-refractivity contribution < 1.29 is 22.4 Å². The molecule has 1 N–H and O–H groups in total. The fourth-order valence-electron chi connectivity index (χ4n) is 3.35. The van der Waals surface area contributed by atoms with E-state index in [0.717, 1.165) is 18.4 Å². The molecule has 1 aliphatic heterocycles. The van der Waals surface area contributed by atoms with E-state index in [1.54, 1.807) is 17.0 Å². The molecule has 144 valence electrons. The van der Waals surface area contributed by atoms with Gasteiger partial charge in [0.15, 0.2) is 0 Å². The molecule has 1 atom stereocenters. The van der Waals surface area contributed by atoms with Crippen LogP contribution in [0.2, 0.25) is 0 Å². The minimum atomic E-state index is -4.18. The van der Waals surface area contributed by atoms with Gasteiger partial charge in [-0.25, -0.2) is 9.18 Å². The Labute approximate surface area is 150 Å². The maximum Gasteiger partial charge on any atom is 0.401 e. The van der Waals surface area contributed by atoms with Crippen molar-refractivity contribution in [3.63, 3.8) is 0 Å². The lowest BCUT2D eigenvalue weighted by Gasteiger charge is -2.24. The summed E-state index contributed by atoms with van der Waals surface area (Å²) in [5.74, 6) is -0.283.